The summed E-state index contributed by atoms with van der Waals surface area (Å²) in [6.07, 6.45) is -0.273. The summed E-state index contributed by atoms with van der Waals surface area (Å²) in [6.45, 7) is 0. The van der Waals surface area contributed by atoms with Crippen molar-refractivity contribution < 1.29 is 5.11 Å². The molecule has 1 aliphatic heterocycles. The molecule has 1 heterocycles. The second-order valence-corrected chi connectivity index (χ2v) is 4.24. The van der Waals surface area contributed by atoms with Gasteiger partial charge in [0.2, 0.25) is 0 Å². The maximum absolute atomic E-state index is 9.73. The van der Waals surface area contributed by atoms with E-state index in [1.807, 2.05) is 19.2 Å². The van der Waals surface area contributed by atoms with E-state index in [0.29, 0.717) is 0 Å². The van der Waals surface area contributed by atoms with Gasteiger partial charge in [-0.25, -0.2) is 0 Å². The number of aliphatic hydroxyl groups excluding tert-OH is 1. The van der Waals surface area contributed by atoms with E-state index in [1.54, 1.807) is 11.8 Å². The number of hydrogen-bond acceptors (Lipinski definition) is 3. The molecule has 1 aromatic carbocycles. The second kappa shape index (κ2) is 3.70. The van der Waals surface area contributed by atoms with Gasteiger partial charge in [0.15, 0.2) is 0 Å². The second-order valence-electron chi connectivity index (χ2n) is 3.18. The number of benzene rings is 1. The molecule has 0 amide bonds. The lowest BCUT2D eigenvalue weighted by Crippen LogP contribution is -2.33. The van der Waals surface area contributed by atoms with E-state index in [2.05, 4.69) is 17.4 Å². The third-order valence-corrected chi connectivity index (χ3v) is 3.55. The molecule has 70 valence electrons. The fourth-order valence-electron chi connectivity index (χ4n) is 1.70. The van der Waals surface area contributed by atoms with Crippen molar-refractivity contribution in [2.24, 2.45) is 0 Å². The molecule has 0 saturated carbocycles. The molecule has 2 rings (SSSR count). The van der Waals surface area contributed by atoms with E-state index in [4.69, 9.17) is 0 Å². The predicted molar refractivity (Wildman–Crippen MR) is 55.0 cm³/mol. The zero-order chi connectivity index (χ0) is 9.26. The van der Waals surface area contributed by atoms with Gasteiger partial charge in [0.25, 0.3) is 0 Å². The molecule has 0 fully saturated rings. The number of aliphatic hydroxyl groups is 1. The van der Waals surface area contributed by atoms with Crippen LogP contribution >= 0.6 is 11.8 Å². The molecule has 0 aromatic heterocycles. The van der Waals surface area contributed by atoms with Crippen molar-refractivity contribution in [1.82, 2.24) is 5.32 Å². The van der Waals surface area contributed by atoms with Gasteiger partial charge in [-0.3, -0.25) is 0 Å². The number of fused-ring (bicyclic) bond motifs is 1. The molecule has 0 spiro atoms. The molecule has 0 saturated heterocycles. The van der Waals surface area contributed by atoms with Gasteiger partial charge in [0.1, 0.15) is 0 Å². The molecule has 2 atom stereocenters. The van der Waals surface area contributed by atoms with E-state index < -0.39 is 0 Å². The van der Waals surface area contributed by atoms with Crippen LogP contribution in [0.5, 0.6) is 0 Å². The number of hydrogen-bond donors (Lipinski definition) is 2. The summed E-state index contributed by atoms with van der Waals surface area (Å²) in [4.78, 5) is 1.28. The van der Waals surface area contributed by atoms with Crippen LogP contribution in [0.2, 0.25) is 0 Å². The van der Waals surface area contributed by atoms with E-state index in [1.165, 1.54) is 10.5 Å². The van der Waals surface area contributed by atoms with Gasteiger partial charge in [-0.1, -0.05) is 18.2 Å². The Kier molecular flexibility index (Phi) is 2.58. The number of nitrogens with one attached hydrogen (secondary N) is 1. The van der Waals surface area contributed by atoms with Crippen molar-refractivity contribution in [2.45, 2.75) is 17.0 Å². The molecular weight excluding hydrogens is 182 g/mol. The average Bonchev–Trinajstić information content (AvgIpc) is 2.18. The van der Waals surface area contributed by atoms with E-state index in [0.717, 1.165) is 5.75 Å². The predicted octanol–water partition coefficient (Wildman–Crippen LogP) is 1.41. The van der Waals surface area contributed by atoms with Crippen LogP contribution in [0.25, 0.3) is 0 Å². The minimum Gasteiger partial charge on any atom is -0.390 e. The zero-order valence-electron chi connectivity index (χ0n) is 7.53. The fourth-order valence-corrected chi connectivity index (χ4v) is 2.77. The molecule has 0 bridgehead atoms. The van der Waals surface area contributed by atoms with Gasteiger partial charge in [0, 0.05) is 10.6 Å². The van der Waals surface area contributed by atoms with Gasteiger partial charge in [-0.2, -0.15) is 0 Å². The van der Waals surface area contributed by atoms with Crippen molar-refractivity contribution in [1.29, 1.82) is 0 Å². The van der Waals surface area contributed by atoms with Crippen LogP contribution < -0.4 is 5.32 Å². The summed E-state index contributed by atoms with van der Waals surface area (Å²) in [6, 6.07) is 8.33. The van der Waals surface area contributed by atoms with Crippen LogP contribution in [0.3, 0.4) is 0 Å². The van der Waals surface area contributed by atoms with Crippen LogP contribution in [-0.4, -0.2) is 24.0 Å². The Morgan fingerprint density at radius 1 is 1.46 bits per heavy atom. The monoisotopic (exact) mass is 195 g/mol. The topological polar surface area (TPSA) is 32.3 Å². The number of thioether (sulfide) groups is 1. The van der Waals surface area contributed by atoms with E-state index in [9.17, 15) is 5.11 Å². The van der Waals surface area contributed by atoms with Crippen molar-refractivity contribution in [3.63, 3.8) is 0 Å². The van der Waals surface area contributed by atoms with Gasteiger partial charge in [0.05, 0.1) is 12.1 Å². The lowest BCUT2D eigenvalue weighted by atomic mass is 10.0. The molecule has 1 aromatic rings. The first kappa shape index (κ1) is 9.06. The first-order chi connectivity index (χ1) is 6.33. The highest BCUT2D eigenvalue weighted by Gasteiger charge is 2.26. The molecule has 1 unspecified atom stereocenters. The molecule has 1 aliphatic rings. The fraction of sp³-hybridized carbons (Fsp3) is 0.400. The number of likely N-dealkylation sites (N-methyl/N-ethyl adjacent to an activating group) is 1. The molecule has 13 heavy (non-hydrogen) atoms. The minimum atomic E-state index is -0.273. The van der Waals surface area contributed by atoms with Crippen molar-refractivity contribution in [3.8, 4) is 0 Å². The van der Waals surface area contributed by atoms with Crippen LogP contribution in [-0.2, 0) is 0 Å². The first-order valence-electron chi connectivity index (χ1n) is 4.40. The molecule has 0 radical (unpaired) electrons. The Hall–Kier alpha value is -0.510. The Morgan fingerprint density at radius 3 is 3.00 bits per heavy atom. The lowest BCUT2D eigenvalue weighted by molar-refractivity contribution is 0.151. The van der Waals surface area contributed by atoms with Crippen LogP contribution in [0, 0.1) is 0 Å². The minimum absolute atomic E-state index is 0.0949. The Balaban J connectivity index is 2.39. The summed E-state index contributed by atoms with van der Waals surface area (Å²) in [5.41, 5.74) is 1.22. The quantitative estimate of drug-likeness (QED) is 0.710. The summed E-state index contributed by atoms with van der Waals surface area (Å²) in [5, 5.41) is 12.9. The van der Waals surface area contributed by atoms with E-state index >= 15 is 0 Å². The van der Waals surface area contributed by atoms with Crippen molar-refractivity contribution in [3.05, 3.63) is 29.8 Å². The highest BCUT2D eigenvalue weighted by atomic mass is 32.2. The van der Waals surface area contributed by atoms with Crippen LogP contribution in [0.15, 0.2) is 29.2 Å². The SMILES string of the molecule is CNC1c2ccccc2SC[C@H]1O. The maximum atomic E-state index is 9.73. The largest absolute Gasteiger partial charge is 0.390 e. The molecular formula is C10H13NOS. The third-order valence-electron chi connectivity index (χ3n) is 2.36. The zero-order valence-corrected chi connectivity index (χ0v) is 8.34. The summed E-state index contributed by atoms with van der Waals surface area (Å²) >= 11 is 1.73. The molecule has 0 aliphatic carbocycles. The van der Waals surface area contributed by atoms with Gasteiger partial charge in [-0.05, 0) is 18.7 Å². The highest BCUT2D eigenvalue weighted by molar-refractivity contribution is 7.99. The summed E-state index contributed by atoms with van der Waals surface area (Å²) < 4.78 is 0. The van der Waals surface area contributed by atoms with Crippen molar-refractivity contribution >= 4 is 11.8 Å². The normalized spacial score (nSPS) is 26.9. The lowest BCUT2D eigenvalue weighted by Gasteiger charge is -2.29. The van der Waals surface area contributed by atoms with Crippen LogP contribution in [0.1, 0.15) is 11.6 Å². The smallest absolute Gasteiger partial charge is 0.0828 e. The maximum Gasteiger partial charge on any atom is 0.0828 e. The first-order valence-corrected chi connectivity index (χ1v) is 5.38. The summed E-state index contributed by atoms with van der Waals surface area (Å²) in [5.74, 6) is 0.780. The summed E-state index contributed by atoms with van der Waals surface area (Å²) in [7, 11) is 1.89. The molecule has 2 nitrogen and oxygen atoms in total. The van der Waals surface area contributed by atoms with Crippen molar-refractivity contribution in [2.75, 3.05) is 12.8 Å². The average molecular weight is 195 g/mol. The standard InChI is InChI=1S/C10H13NOS/c1-11-10-7-4-2-3-5-9(7)13-6-8(10)12/h2-5,8,10-12H,6H2,1H3/t8-,10?/m1/s1. The van der Waals surface area contributed by atoms with E-state index in [-0.39, 0.29) is 12.1 Å². The third kappa shape index (κ3) is 1.59. The Bertz CT molecular complexity index is 303. The van der Waals surface area contributed by atoms with Gasteiger partial charge >= 0.3 is 0 Å². The Labute approximate surface area is 82.4 Å². The van der Waals surface area contributed by atoms with Gasteiger partial charge < -0.3 is 10.4 Å². The van der Waals surface area contributed by atoms with Crippen LogP contribution in [0.4, 0.5) is 0 Å². The highest BCUT2D eigenvalue weighted by Crippen LogP contribution is 2.35. The molecule has 2 N–H and O–H groups in total. The Morgan fingerprint density at radius 2 is 2.23 bits per heavy atom. The van der Waals surface area contributed by atoms with Gasteiger partial charge in [-0.15, -0.1) is 11.8 Å². The number of rotatable bonds is 1. The molecule has 3 heteroatoms.